The van der Waals surface area contributed by atoms with Crippen LogP contribution in [0, 0.1) is 0 Å². The van der Waals surface area contributed by atoms with Crippen molar-refractivity contribution in [3.63, 3.8) is 0 Å². The van der Waals surface area contributed by atoms with Crippen LogP contribution in [0.4, 0.5) is 0 Å². The largest absolute Gasteiger partial charge is 0.388 e. The lowest BCUT2D eigenvalue weighted by atomic mass is 10.3. The lowest BCUT2D eigenvalue weighted by molar-refractivity contribution is 0.111. The molecule has 1 rings (SSSR count). The van der Waals surface area contributed by atoms with Crippen molar-refractivity contribution in [3.8, 4) is 0 Å². The summed E-state index contributed by atoms with van der Waals surface area (Å²) in [6.07, 6.45) is 3.04. The highest BCUT2D eigenvalue weighted by Crippen LogP contribution is 2.01. The number of methoxy groups -OCH3 is 1. The highest BCUT2D eigenvalue weighted by molar-refractivity contribution is 5.81. The molecule has 0 fully saturated rings. The maximum atomic E-state index is 10.2. The lowest BCUT2D eigenvalue weighted by Crippen LogP contribution is -1.90. The van der Waals surface area contributed by atoms with E-state index in [2.05, 4.69) is 4.74 Å². The number of ether oxygens (including phenoxy) is 1. The van der Waals surface area contributed by atoms with Crippen LogP contribution in [-0.2, 0) is 11.8 Å². The van der Waals surface area contributed by atoms with Gasteiger partial charge in [-0.1, -0.05) is 7.43 Å². The first-order chi connectivity index (χ1) is 6.19. The van der Waals surface area contributed by atoms with Crippen LogP contribution >= 0.6 is 0 Å². The van der Waals surface area contributed by atoms with Gasteiger partial charge in [-0.2, -0.15) is 0 Å². The molecular weight excluding hydrogens is 182 g/mol. The third-order valence-electron chi connectivity index (χ3n) is 1.32. The molecule has 0 aliphatic heterocycles. The van der Waals surface area contributed by atoms with Crippen molar-refractivity contribution in [2.24, 2.45) is 7.05 Å². The third-order valence-corrected chi connectivity index (χ3v) is 1.32. The molecule has 4 nitrogen and oxygen atoms in total. The zero-order valence-electron chi connectivity index (χ0n) is 7.98. The molecule has 0 unspecified atom stereocenters. The van der Waals surface area contributed by atoms with Gasteiger partial charge in [-0.15, -0.1) is 0 Å². The van der Waals surface area contributed by atoms with E-state index in [1.54, 1.807) is 38.1 Å². The van der Waals surface area contributed by atoms with Crippen molar-refractivity contribution in [1.82, 2.24) is 4.57 Å². The van der Waals surface area contributed by atoms with Gasteiger partial charge in [-0.3, -0.25) is 9.59 Å². The molecular formula is C10H17NO3. The summed E-state index contributed by atoms with van der Waals surface area (Å²) in [5.74, 6) is 0. The molecule has 1 aromatic rings. The summed E-state index contributed by atoms with van der Waals surface area (Å²) in [7, 11) is 4.97. The molecule has 0 N–H and O–H groups in total. The van der Waals surface area contributed by atoms with Crippen molar-refractivity contribution >= 4 is 12.6 Å². The summed E-state index contributed by atoms with van der Waals surface area (Å²) in [6.45, 7) is 0. The molecule has 0 amide bonds. The smallest absolute Gasteiger partial charge is 0.166 e. The van der Waals surface area contributed by atoms with Crippen molar-refractivity contribution in [1.29, 1.82) is 0 Å². The first-order valence-corrected chi connectivity index (χ1v) is 3.66. The second kappa shape index (κ2) is 8.19. The summed E-state index contributed by atoms with van der Waals surface area (Å²) >= 11 is 0. The molecule has 0 spiro atoms. The molecule has 0 aliphatic rings. The van der Waals surface area contributed by atoms with E-state index >= 15 is 0 Å². The molecule has 0 saturated carbocycles. The minimum Gasteiger partial charge on any atom is -0.388 e. The molecule has 4 heteroatoms. The summed E-state index contributed by atoms with van der Waals surface area (Å²) in [6, 6.07) is 1.54. The van der Waals surface area contributed by atoms with Gasteiger partial charge in [-0.05, 0) is 6.07 Å². The zero-order chi connectivity index (χ0) is 10.3. The predicted molar refractivity (Wildman–Crippen MR) is 55.9 cm³/mol. The van der Waals surface area contributed by atoms with Crippen molar-refractivity contribution < 1.29 is 14.3 Å². The first kappa shape index (κ1) is 15.1. The maximum Gasteiger partial charge on any atom is 0.166 e. The Bertz CT molecular complexity index is 279. The van der Waals surface area contributed by atoms with Crippen LogP contribution in [-0.4, -0.2) is 31.4 Å². The van der Waals surface area contributed by atoms with E-state index < -0.39 is 0 Å². The number of aldehydes is 2. The molecule has 0 aliphatic carbocycles. The minimum absolute atomic E-state index is 0. The summed E-state index contributed by atoms with van der Waals surface area (Å²) in [4.78, 5) is 20.4. The molecule has 80 valence electrons. The number of hydrogen-bond donors (Lipinski definition) is 0. The number of nitrogens with zero attached hydrogens (tertiary/aromatic N) is 1. The van der Waals surface area contributed by atoms with Crippen LogP contribution in [0.25, 0.3) is 0 Å². The van der Waals surface area contributed by atoms with Gasteiger partial charge in [0.15, 0.2) is 12.6 Å². The van der Waals surface area contributed by atoms with Gasteiger partial charge in [0.25, 0.3) is 0 Å². The number of carbonyl (C=O) groups excluding carboxylic acids is 2. The first-order valence-electron chi connectivity index (χ1n) is 3.66. The molecule has 1 aromatic heterocycles. The number of rotatable bonds is 2. The quantitative estimate of drug-likeness (QED) is 0.679. The van der Waals surface area contributed by atoms with E-state index in [1.165, 1.54) is 0 Å². The molecule has 1 heterocycles. The maximum absolute atomic E-state index is 10.2. The Morgan fingerprint density at radius 3 is 2.00 bits per heavy atom. The van der Waals surface area contributed by atoms with E-state index in [9.17, 15) is 9.59 Å². The Labute approximate surface area is 84.5 Å². The molecule has 0 saturated heterocycles. The lowest BCUT2D eigenvalue weighted by Gasteiger charge is -1.88. The summed E-state index contributed by atoms with van der Waals surface area (Å²) in [5, 5.41) is 0. The second-order valence-electron chi connectivity index (χ2n) is 2.45. The molecule has 0 aromatic carbocycles. The van der Waals surface area contributed by atoms with E-state index in [4.69, 9.17) is 0 Å². The minimum atomic E-state index is 0. The number of carbonyl (C=O) groups is 2. The van der Waals surface area contributed by atoms with Crippen LogP contribution in [0.5, 0.6) is 0 Å². The predicted octanol–water partition coefficient (Wildman–Crippen LogP) is 1.55. The van der Waals surface area contributed by atoms with Crippen LogP contribution in [0.2, 0.25) is 0 Å². The zero-order valence-corrected chi connectivity index (χ0v) is 7.98. The standard InChI is InChI=1S/C7H7NO2.C2H6O.CH4/c1-8-3-6(4-9)2-7(8)5-10;1-3-2;/h2-5H,1H3;1-2H3;1H4. The normalized spacial score (nSPS) is 7.93. The topological polar surface area (TPSA) is 48.3 Å². The number of aryl methyl sites for hydroxylation is 1. The Morgan fingerprint density at radius 1 is 1.29 bits per heavy atom. The fraction of sp³-hybridized carbons (Fsp3) is 0.400. The summed E-state index contributed by atoms with van der Waals surface area (Å²) in [5.41, 5.74) is 1.05. The number of aromatic nitrogens is 1. The fourth-order valence-electron chi connectivity index (χ4n) is 0.790. The van der Waals surface area contributed by atoms with Crippen molar-refractivity contribution in [3.05, 3.63) is 23.5 Å². The van der Waals surface area contributed by atoms with Crippen LogP contribution in [0.15, 0.2) is 12.3 Å². The highest BCUT2D eigenvalue weighted by atomic mass is 16.4. The van der Waals surface area contributed by atoms with Crippen LogP contribution in [0.3, 0.4) is 0 Å². The Morgan fingerprint density at radius 2 is 1.79 bits per heavy atom. The van der Waals surface area contributed by atoms with Crippen molar-refractivity contribution in [2.75, 3.05) is 14.2 Å². The van der Waals surface area contributed by atoms with E-state index in [0.29, 0.717) is 23.8 Å². The van der Waals surface area contributed by atoms with Gasteiger partial charge < -0.3 is 9.30 Å². The van der Waals surface area contributed by atoms with Gasteiger partial charge in [-0.25, -0.2) is 0 Å². The van der Waals surface area contributed by atoms with Gasteiger partial charge in [0.1, 0.15) is 0 Å². The van der Waals surface area contributed by atoms with Gasteiger partial charge in [0.2, 0.25) is 0 Å². The second-order valence-corrected chi connectivity index (χ2v) is 2.45. The molecule has 0 radical (unpaired) electrons. The Kier molecular flexibility index (Phi) is 8.82. The molecule has 14 heavy (non-hydrogen) atoms. The van der Waals surface area contributed by atoms with E-state index in [-0.39, 0.29) is 7.43 Å². The Hall–Kier alpha value is -1.42. The van der Waals surface area contributed by atoms with Crippen LogP contribution < -0.4 is 0 Å². The fourth-order valence-corrected chi connectivity index (χ4v) is 0.790. The number of hydrogen-bond acceptors (Lipinski definition) is 3. The third kappa shape index (κ3) is 4.57. The highest BCUT2D eigenvalue weighted by Gasteiger charge is 1.98. The van der Waals surface area contributed by atoms with E-state index in [0.717, 1.165) is 0 Å². The molecule has 0 atom stereocenters. The van der Waals surface area contributed by atoms with Crippen molar-refractivity contribution in [2.45, 2.75) is 7.43 Å². The Balaban J connectivity index is 0. The monoisotopic (exact) mass is 199 g/mol. The van der Waals surface area contributed by atoms with Crippen LogP contribution in [0.1, 0.15) is 28.3 Å². The average molecular weight is 199 g/mol. The SMILES string of the molecule is C.COC.Cn1cc(C=O)cc1C=O. The van der Waals surface area contributed by atoms with Gasteiger partial charge in [0, 0.05) is 33.0 Å². The average Bonchev–Trinajstić information content (AvgIpc) is 2.47. The summed E-state index contributed by atoms with van der Waals surface area (Å²) < 4.78 is 5.86. The van der Waals surface area contributed by atoms with E-state index in [1.807, 2.05) is 0 Å². The molecule has 0 bridgehead atoms. The van der Waals surface area contributed by atoms with Gasteiger partial charge >= 0.3 is 0 Å². The van der Waals surface area contributed by atoms with Gasteiger partial charge in [0.05, 0.1) is 5.69 Å².